The van der Waals surface area contributed by atoms with Crippen LogP contribution >= 0.6 is 0 Å². The predicted octanol–water partition coefficient (Wildman–Crippen LogP) is 2.30. The predicted molar refractivity (Wildman–Crippen MR) is 35.9 cm³/mol. The third kappa shape index (κ3) is 2.81. The molecule has 48 valence electrons. The van der Waals surface area contributed by atoms with Gasteiger partial charge in [0.1, 0.15) is 0 Å². The van der Waals surface area contributed by atoms with Crippen molar-refractivity contribution in [2.24, 2.45) is 0 Å². The second kappa shape index (κ2) is 3.84. The van der Waals surface area contributed by atoms with Crippen LogP contribution in [0.4, 0.5) is 0 Å². The van der Waals surface area contributed by atoms with Crippen molar-refractivity contribution in [2.45, 2.75) is 13.8 Å². The minimum absolute atomic E-state index is 0. The molecule has 0 spiro atoms. The van der Waals surface area contributed by atoms with E-state index in [1.54, 1.807) is 0 Å². The van der Waals surface area contributed by atoms with Crippen molar-refractivity contribution >= 4 is 0 Å². The van der Waals surface area contributed by atoms with Crippen LogP contribution in [0.1, 0.15) is 11.1 Å². The number of aryl methyl sites for hydroxylation is 2. The zero-order valence-corrected chi connectivity index (χ0v) is 8.65. The summed E-state index contributed by atoms with van der Waals surface area (Å²) in [5.41, 5.74) is 2.68. The maximum atomic E-state index is 2.17. The Hall–Kier alpha value is -0.0917. The van der Waals surface area contributed by atoms with Gasteiger partial charge in [0.25, 0.3) is 0 Å². The van der Waals surface area contributed by atoms with E-state index in [1.165, 1.54) is 11.1 Å². The first kappa shape index (κ1) is 8.91. The van der Waals surface area contributed by atoms with E-state index in [0.29, 0.717) is 0 Å². The summed E-state index contributed by atoms with van der Waals surface area (Å²) in [4.78, 5) is 0. The molecule has 0 nitrogen and oxygen atoms in total. The third-order valence-corrected chi connectivity index (χ3v) is 1.17. The molecule has 1 aromatic rings. The first-order valence-electron chi connectivity index (χ1n) is 2.82. The van der Waals surface area contributed by atoms with Gasteiger partial charge in [-0.3, -0.25) is 0 Å². The fourth-order valence-electron chi connectivity index (χ4n) is 0.807. The van der Waals surface area contributed by atoms with Crippen LogP contribution in [0.15, 0.2) is 24.3 Å². The van der Waals surface area contributed by atoms with Gasteiger partial charge in [0.15, 0.2) is 0 Å². The normalized spacial score (nSPS) is 8.22. The molecule has 0 aliphatic rings. The van der Waals surface area contributed by atoms with Gasteiger partial charge >= 0.3 is 0 Å². The minimum atomic E-state index is 0. The van der Waals surface area contributed by atoms with Crippen LogP contribution in [0, 0.1) is 13.8 Å². The minimum Gasteiger partial charge on any atom is -0.0617 e. The van der Waals surface area contributed by atoms with Crippen LogP contribution in [-0.4, -0.2) is 0 Å². The maximum Gasteiger partial charge on any atom is 0 e. The summed E-state index contributed by atoms with van der Waals surface area (Å²) in [5.74, 6) is 0. The standard InChI is InChI=1S/C8H10.W/c1-7-4-3-5-8(2)6-7;/h3-6H,1-2H3;. The van der Waals surface area contributed by atoms with Gasteiger partial charge < -0.3 is 0 Å². The van der Waals surface area contributed by atoms with Gasteiger partial charge in [-0.05, 0) is 13.8 Å². The molecule has 0 atom stereocenters. The molecule has 0 saturated heterocycles. The molecule has 0 amide bonds. The second-order valence-electron chi connectivity index (χ2n) is 2.16. The van der Waals surface area contributed by atoms with Crippen molar-refractivity contribution in [3.63, 3.8) is 0 Å². The first-order valence-corrected chi connectivity index (χ1v) is 2.82. The van der Waals surface area contributed by atoms with Crippen molar-refractivity contribution in [2.75, 3.05) is 0 Å². The number of benzene rings is 1. The van der Waals surface area contributed by atoms with E-state index in [2.05, 4.69) is 38.1 Å². The van der Waals surface area contributed by atoms with Crippen LogP contribution in [0.25, 0.3) is 0 Å². The molecule has 0 aromatic heterocycles. The van der Waals surface area contributed by atoms with Crippen molar-refractivity contribution in [1.82, 2.24) is 0 Å². The Kier molecular flexibility index (Phi) is 3.81. The van der Waals surface area contributed by atoms with Crippen molar-refractivity contribution in [3.8, 4) is 0 Å². The molecule has 0 N–H and O–H groups in total. The molecular formula is C8H10W. The largest absolute Gasteiger partial charge is 0.0617 e. The summed E-state index contributed by atoms with van der Waals surface area (Å²) in [6.07, 6.45) is 0. The molecule has 0 heterocycles. The van der Waals surface area contributed by atoms with Crippen LogP contribution in [0.2, 0.25) is 0 Å². The Morgan fingerprint density at radius 2 is 1.44 bits per heavy atom. The third-order valence-electron chi connectivity index (χ3n) is 1.17. The van der Waals surface area contributed by atoms with Crippen LogP contribution in [0.3, 0.4) is 0 Å². The fraction of sp³-hybridized carbons (Fsp3) is 0.250. The van der Waals surface area contributed by atoms with Gasteiger partial charge in [-0.25, -0.2) is 0 Å². The molecule has 1 heteroatoms. The second-order valence-corrected chi connectivity index (χ2v) is 2.16. The molecule has 9 heavy (non-hydrogen) atoms. The number of hydrogen-bond acceptors (Lipinski definition) is 0. The Labute approximate surface area is 70.5 Å². The topological polar surface area (TPSA) is 0 Å². The van der Waals surface area contributed by atoms with Gasteiger partial charge in [-0.15, -0.1) is 0 Å². The van der Waals surface area contributed by atoms with Gasteiger partial charge in [0.2, 0.25) is 0 Å². The van der Waals surface area contributed by atoms with Crippen molar-refractivity contribution in [1.29, 1.82) is 0 Å². The fourth-order valence-corrected chi connectivity index (χ4v) is 0.807. The summed E-state index contributed by atoms with van der Waals surface area (Å²) in [5, 5.41) is 0. The Morgan fingerprint density at radius 3 is 1.67 bits per heavy atom. The summed E-state index contributed by atoms with van der Waals surface area (Å²) in [6, 6.07) is 8.45. The zero-order valence-electron chi connectivity index (χ0n) is 5.72. The number of hydrogen-bond donors (Lipinski definition) is 0. The quantitative estimate of drug-likeness (QED) is 0.688. The first-order chi connectivity index (χ1) is 3.79. The maximum absolute atomic E-state index is 2.17. The average Bonchev–Trinajstić information content (AvgIpc) is 1.64. The molecule has 0 fully saturated rings. The molecule has 0 aliphatic heterocycles. The van der Waals surface area contributed by atoms with E-state index in [4.69, 9.17) is 0 Å². The van der Waals surface area contributed by atoms with E-state index in [9.17, 15) is 0 Å². The number of rotatable bonds is 0. The SMILES string of the molecule is Cc1cccc(C)c1.[W]. The average molecular weight is 290 g/mol. The van der Waals surface area contributed by atoms with Gasteiger partial charge in [0.05, 0.1) is 0 Å². The molecule has 1 aromatic carbocycles. The van der Waals surface area contributed by atoms with E-state index in [-0.39, 0.29) is 21.1 Å². The molecular weight excluding hydrogens is 280 g/mol. The van der Waals surface area contributed by atoms with Crippen molar-refractivity contribution < 1.29 is 21.1 Å². The van der Waals surface area contributed by atoms with Crippen LogP contribution < -0.4 is 0 Å². The molecule has 0 unspecified atom stereocenters. The van der Waals surface area contributed by atoms with E-state index >= 15 is 0 Å². The zero-order chi connectivity index (χ0) is 5.98. The Balaban J connectivity index is 0.000000640. The van der Waals surface area contributed by atoms with Crippen LogP contribution in [-0.2, 0) is 21.1 Å². The van der Waals surface area contributed by atoms with E-state index in [1.807, 2.05) is 0 Å². The molecule has 0 radical (unpaired) electrons. The van der Waals surface area contributed by atoms with Gasteiger partial charge in [-0.1, -0.05) is 35.4 Å². The summed E-state index contributed by atoms with van der Waals surface area (Å²) in [6.45, 7) is 4.21. The van der Waals surface area contributed by atoms with Crippen LogP contribution in [0.5, 0.6) is 0 Å². The Morgan fingerprint density at radius 1 is 1.00 bits per heavy atom. The van der Waals surface area contributed by atoms with Gasteiger partial charge in [0, 0.05) is 21.1 Å². The molecule has 0 aliphatic carbocycles. The van der Waals surface area contributed by atoms with Crippen molar-refractivity contribution in [3.05, 3.63) is 35.4 Å². The molecule has 0 bridgehead atoms. The summed E-state index contributed by atoms with van der Waals surface area (Å²) < 4.78 is 0. The molecule has 1 rings (SSSR count). The van der Waals surface area contributed by atoms with E-state index in [0.717, 1.165) is 0 Å². The summed E-state index contributed by atoms with van der Waals surface area (Å²) >= 11 is 0. The van der Waals surface area contributed by atoms with Gasteiger partial charge in [-0.2, -0.15) is 0 Å². The molecule has 0 saturated carbocycles. The Bertz CT molecular complexity index is 164. The monoisotopic (exact) mass is 290 g/mol. The summed E-state index contributed by atoms with van der Waals surface area (Å²) in [7, 11) is 0. The smallest absolute Gasteiger partial charge is 0 e. The van der Waals surface area contributed by atoms with E-state index < -0.39 is 0 Å².